The lowest BCUT2D eigenvalue weighted by molar-refractivity contribution is 0.187. The molecular weight excluding hydrogens is 442 g/mol. The van der Waals surface area contributed by atoms with Crippen molar-refractivity contribution in [3.63, 3.8) is 0 Å². The van der Waals surface area contributed by atoms with Crippen LogP contribution in [0.15, 0.2) is 41.7 Å². The normalized spacial score (nSPS) is 15.6. The van der Waals surface area contributed by atoms with E-state index in [9.17, 15) is 8.42 Å². The second kappa shape index (κ2) is 9.46. The van der Waals surface area contributed by atoms with Gasteiger partial charge in [0.1, 0.15) is 0 Å². The van der Waals surface area contributed by atoms with Crippen LogP contribution in [0.3, 0.4) is 0 Å². The Hall–Kier alpha value is -3.02. The Labute approximate surface area is 193 Å². The van der Waals surface area contributed by atoms with Gasteiger partial charge in [0.15, 0.2) is 11.6 Å². The third kappa shape index (κ3) is 5.15. The number of piperidine rings is 1. The van der Waals surface area contributed by atoms with Crippen molar-refractivity contribution in [1.82, 2.24) is 29.4 Å². The Morgan fingerprint density at radius 3 is 2.67 bits per heavy atom. The first-order chi connectivity index (χ1) is 15.8. The summed E-state index contributed by atoms with van der Waals surface area (Å²) in [5, 5.41) is 4.47. The number of aryl methyl sites for hydroxylation is 1. The molecule has 0 saturated carbocycles. The van der Waals surface area contributed by atoms with E-state index in [1.165, 1.54) is 13.2 Å². The zero-order valence-corrected chi connectivity index (χ0v) is 19.8. The molecule has 11 heteroatoms. The number of nitrogens with two attached hydrogens (primary N) is 1. The second-order valence-electron chi connectivity index (χ2n) is 8.11. The molecule has 0 spiro atoms. The standard InChI is InChI=1S/C22H29N7O3S/c1-4-28-7-5-17(6-8-28)29-14-18(12-26-29)32-22-21(23)25-13-20(27-22)16-9-15(2)10-19(11-16)33(30,31)24-3/h9-14,17,24H,4-8H2,1-3H3,(H2,23,25). The summed E-state index contributed by atoms with van der Waals surface area (Å²) in [4.78, 5) is 11.3. The highest BCUT2D eigenvalue weighted by atomic mass is 32.2. The molecule has 3 N–H and O–H groups in total. The number of anilines is 1. The van der Waals surface area contributed by atoms with Crippen molar-refractivity contribution in [2.45, 2.75) is 37.6 Å². The highest BCUT2D eigenvalue weighted by Gasteiger charge is 2.21. The zero-order chi connectivity index (χ0) is 23.6. The number of sulfonamides is 1. The fraction of sp³-hybridized carbons (Fsp3) is 0.409. The molecule has 1 saturated heterocycles. The van der Waals surface area contributed by atoms with Gasteiger partial charge in [0.25, 0.3) is 5.88 Å². The van der Waals surface area contributed by atoms with Gasteiger partial charge in [-0.05, 0) is 57.1 Å². The minimum absolute atomic E-state index is 0.137. The molecule has 0 unspecified atom stereocenters. The molecule has 0 radical (unpaired) electrons. The third-order valence-electron chi connectivity index (χ3n) is 5.86. The van der Waals surface area contributed by atoms with E-state index in [1.54, 1.807) is 18.3 Å². The largest absolute Gasteiger partial charge is 0.433 e. The number of hydrogen-bond donors (Lipinski definition) is 2. The molecule has 3 aromatic rings. The summed E-state index contributed by atoms with van der Waals surface area (Å²) in [7, 11) is -2.22. The van der Waals surface area contributed by atoms with Crippen LogP contribution in [0.1, 0.15) is 31.4 Å². The van der Waals surface area contributed by atoms with E-state index < -0.39 is 10.0 Å². The number of rotatable bonds is 7. The maximum Gasteiger partial charge on any atom is 0.263 e. The molecule has 1 aliphatic heterocycles. The number of hydrogen-bond acceptors (Lipinski definition) is 8. The molecule has 2 aromatic heterocycles. The number of likely N-dealkylation sites (tertiary alicyclic amines) is 1. The Kier molecular flexibility index (Phi) is 6.63. The Balaban J connectivity index is 1.57. The van der Waals surface area contributed by atoms with Gasteiger partial charge in [-0.2, -0.15) is 5.10 Å². The minimum Gasteiger partial charge on any atom is -0.433 e. The van der Waals surface area contributed by atoms with Crippen molar-refractivity contribution >= 4 is 15.8 Å². The predicted octanol–water partition coefficient (Wildman–Crippen LogP) is 2.59. The maximum absolute atomic E-state index is 12.3. The van der Waals surface area contributed by atoms with E-state index in [-0.39, 0.29) is 16.6 Å². The number of nitrogens with zero attached hydrogens (tertiary/aromatic N) is 5. The summed E-state index contributed by atoms with van der Waals surface area (Å²) >= 11 is 0. The smallest absolute Gasteiger partial charge is 0.263 e. The van der Waals surface area contributed by atoms with Gasteiger partial charge < -0.3 is 15.4 Å². The second-order valence-corrected chi connectivity index (χ2v) is 10.00. The molecule has 1 aliphatic rings. The van der Waals surface area contributed by atoms with E-state index in [0.717, 1.165) is 38.0 Å². The third-order valence-corrected chi connectivity index (χ3v) is 7.26. The summed E-state index contributed by atoms with van der Waals surface area (Å²) in [6.07, 6.45) is 7.07. The highest BCUT2D eigenvalue weighted by Crippen LogP contribution is 2.30. The lowest BCUT2D eigenvalue weighted by Crippen LogP contribution is -2.34. The molecule has 0 atom stereocenters. The van der Waals surface area contributed by atoms with E-state index in [0.29, 0.717) is 23.0 Å². The van der Waals surface area contributed by atoms with Gasteiger partial charge in [-0.1, -0.05) is 6.92 Å². The van der Waals surface area contributed by atoms with Gasteiger partial charge in [-0.15, -0.1) is 0 Å². The Bertz CT molecular complexity index is 1230. The quantitative estimate of drug-likeness (QED) is 0.538. The number of benzene rings is 1. The van der Waals surface area contributed by atoms with Crippen LogP contribution in [0.25, 0.3) is 11.3 Å². The van der Waals surface area contributed by atoms with Crippen LogP contribution in [-0.4, -0.2) is 59.7 Å². The fourth-order valence-corrected chi connectivity index (χ4v) is 4.81. The predicted molar refractivity (Wildman–Crippen MR) is 126 cm³/mol. The van der Waals surface area contributed by atoms with E-state index in [2.05, 4.69) is 31.6 Å². The number of aromatic nitrogens is 4. The fourth-order valence-electron chi connectivity index (χ4n) is 3.95. The molecule has 1 aromatic carbocycles. The first-order valence-electron chi connectivity index (χ1n) is 10.9. The molecule has 3 heterocycles. The summed E-state index contributed by atoms with van der Waals surface area (Å²) < 4.78 is 34.7. The number of nitrogens with one attached hydrogen (secondary N) is 1. The minimum atomic E-state index is -3.60. The Morgan fingerprint density at radius 2 is 1.97 bits per heavy atom. The van der Waals surface area contributed by atoms with Gasteiger partial charge in [-0.3, -0.25) is 4.68 Å². The highest BCUT2D eigenvalue weighted by molar-refractivity contribution is 7.89. The monoisotopic (exact) mass is 471 g/mol. The zero-order valence-electron chi connectivity index (χ0n) is 19.0. The molecule has 4 rings (SSSR count). The van der Waals surface area contributed by atoms with Crippen molar-refractivity contribution in [3.8, 4) is 22.9 Å². The van der Waals surface area contributed by atoms with Crippen LogP contribution in [0.5, 0.6) is 11.6 Å². The average molecular weight is 472 g/mol. The molecule has 176 valence electrons. The van der Waals surface area contributed by atoms with E-state index >= 15 is 0 Å². The molecule has 0 aliphatic carbocycles. The molecule has 0 amide bonds. The van der Waals surface area contributed by atoms with Crippen molar-refractivity contribution in [2.24, 2.45) is 0 Å². The van der Waals surface area contributed by atoms with Crippen LogP contribution in [0.4, 0.5) is 5.82 Å². The first kappa shape index (κ1) is 23.1. The average Bonchev–Trinajstić information content (AvgIpc) is 3.28. The van der Waals surface area contributed by atoms with Crippen molar-refractivity contribution in [2.75, 3.05) is 32.4 Å². The lowest BCUT2D eigenvalue weighted by Gasteiger charge is -2.30. The molecule has 0 bridgehead atoms. The van der Waals surface area contributed by atoms with Crippen LogP contribution < -0.4 is 15.2 Å². The molecular formula is C22H29N7O3S. The van der Waals surface area contributed by atoms with Gasteiger partial charge in [0, 0.05) is 18.7 Å². The molecule has 10 nitrogen and oxygen atoms in total. The maximum atomic E-state index is 12.3. The van der Waals surface area contributed by atoms with Crippen LogP contribution in [0, 0.1) is 6.92 Å². The van der Waals surface area contributed by atoms with Crippen LogP contribution in [0.2, 0.25) is 0 Å². The summed E-state index contributed by atoms with van der Waals surface area (Å²) in [6.45, 7) is 7.17. The Morgan fingerprint density at radius 1 is 1.21 bits per heavy atom. The van der Waals surface area contributed by atoms with Crippen LogP contribution in [-0.2, 0) is 10.0 Å². The van der Waals surface area contributed by atoms with Gasteiger partial charge in [-0.25, -0.2) is 23.1 Å². The van der Waals surface area contributed by atoms with Crippen molar-refractivity contribution in [1.29, 1.82) is 0 Å². The van der Waals surface area contributed by atoms with Crippen LogP contribution >= 0.6 is 0 Å². The number of nitrogen functional groups attached to an aromatic ring is 1. The SMILES string of the molecule is CCN1CCC(n2cc(Oc3nc(-c4cc(C)cc(S(=O)(=O)NC)c4)cnc3N)cn2)CC1. The van der Waals surface area contributed by atoms with Crippen molar-refractivity contribution in [3.05, 3.63) is 42.4 Å². The van der Waals surface area contributed by atoms with E-state index in [1.807, 2.05) is 23.9 Å². The summed E-state index contributed by atoms with van der Waals surface area (Å²) in [6, 6.07) is 5.31. The van der Waals surface area contributed by atoms with Gasteiger partial charge in [0.2, 0.25) is 10.0 Å². The van der Waals surface area contributed by atoms with E-state index in [4.69, 9.17) is 10.5 Å². The molecule has 33 heavy (non-hydrogen) atoms. The van der Waals surface area contributed by atoms with Gasteiger partial charge in [0.05, 0.1) is 35.2 Å². The van der Waals surface area contributed by atoms with Gasteiger partial charge >= 0.3 is 0 Å². The topological polar surface area (TPSA) is 128 Å². The first-order valence-corrected chi connectivity index (χ1v) is 12.4. The summed E-state index contributed by atoms with van der Waals surface area (Å²) in [5.41, 5.74) is 7.83. The number of ether oxygens (including phenoxy) is 1. The molecule has 1 fully saturated rings. The lowest BCUT2D eigenvalue weighted by atomic mass is 10.1. The van der Waals surface area contributed by atoms with Crippen molar-refractivity contribution < 1.29 is 13.2 Å². The summed E-state index contributed by atoms with van der Waals surface area (Å²) in [5.74, 6) is 0.805.